The molecule has 2 aromatic rings. The first kappa shape index (κ1) is 20.7. The molecule has 0 atom stereocenters. The molecule has 28 heavy (non-hydrogen) atoms. The van der Waals surface area contributed by atoms with Gasteiger partial charge in [0.15, 0.2) is 11.5 Å². The van der Waals surface area contributed by atoms with Crippen molar-refractivity contribution in [1.82, 2.24) is 4.90 Å². The zero-order valence-corrected chi connectivity index (χ0v) is 17.8. The highest BCUT2D eigenvalue weighted by Crippen LogP contribution is 2.34. The Hall–Kier alpha value is -2.06. The first-order valence-electron chi connectivity index (χ1n) is 7.87. The molecule has 1 aliphatic heterocycles. The van der Waals surface area contributed by atoms with Crippen molar-refractivity contribution in [1.29, 1.82) is 0 Å². The van der Waals surface area contributed by atoms with Crippen LogP contribution in [0.25, 0.3) is 6.08 Å². The molecule has 3 rings (SSSR count). The summed E-state index contributed by atoms with van der Waals surface area (Å²) in [5.41, 5.74) is 0.888. The van der Waals surface area contributed by atoms with Gasteiger partial charge in [0.1, 0.15) is 4.32 Å². The largest absolute Gasteiger partial charge is 0.493 e. The number of ether oxygens (including phenoxy) is 2. The number of hydrogen-bond donors (Lipinski definition) is 0. The van der Waals surface area contributed by atoms with Gasteiger partial charge in [-0.1, -0.05) is 53.2 Å². The standard InChI is InChI=1S/C19H13Cl2NO4S2/c1-22-17(23)16(28-19(22)27)8-10-3-6-14(15(7-10)25-2)26-18(24)12-5-4-11(20)9-13(12)21/h3-9H,1-2H3/b16-8+. The molecule has 1 heterocycles. The number of methoxy groups -OCH3 is 1. The molecule has 2 aromatic carbocycles. The summed E-state index contributed by atoms with van der Waals surface area (Å²) in [5.74, 6) is -0.251. The van der Waals surface area contributed by atoms with Crippen LogP contribution >= 0.6 is 47.2 Å². The summed E-state index contributed by atoms with van der Waals surface area (Å²) in [4.78, 5) is 26.5. The second kappa shape index (κ2) is 8.53. The molecule has 0 N–H and O–H groups in total. The minimum Gasteiger partial charge on any atom is -0.493 e. The summed E-state index contributed by atoms with van der Waals surface area (Å²) in [6, 6.07) is 9.45. The molecule has 0 saturated carbocycles. The highest BCUT2D eigenvalue weighted by Gasteiger charge is 2.28. The lowest BCUT2D eigenvalue weighted by molar-refractivity contribution is -0.121. The SMILES string of the molecule is COc1cc(/C=C2/SC(=S)N(C)C2=O)ccc1OC(=O)c1ccc(Cl)cc1Cl. The van der Waals surface area contributed by atoms with E-state index in [4.69, 9.17) is 44.9 Å². The number of carbonyl (C=O) groups is 2. The lowest BCUT2D eigenvalue weighted by Crippen LogP contribution is -2.22. The van der Waals surface area contributed by atoms with Gasteiger partial charge in [-0.3, -0.25) is 9.69 Å². The van der Waals surface area contributed by atoms with Crippen LogP contribution in [0.5, 0.6) is 11.5 Å². The molecule has 0 unspecified atom stereocenters. The predicted molar refractivity (Wildman–Crippen MR) is 115 cm³/mol. The molecule has 0 radical (unpaired) electrons. The Balaban J connectivity index is 1.85. The molecule has 1 aliphatic rings. The first-order chi connectivity index (χ1) is 13.3. The summed E-state index contributed by atoms with van der Waals surface area (Å²) in [6.45, 7) is 0. The highest BCUT2D eigenvalue weighted by atomic mass is 35.5. The van der Waals surface area contributed by atoms with Crippen LogP contribution in [-0.4, -0.2) is 35.3 Å². The summed E-state index contributed by atoms with van der Waals surface area (Å²) < 4.78 is 11.2. The summed E-state index contributed by atoms with van der Waals surface area (Å²) in [7, 11) is 3.08. The predicted octanol–water partition coefficient (Wildman–Crippen LogP) is 5.05. The van der Waals surface area contributed by atoms with Crippen LogP contribution in [0.2, 0.25) is 10.0 Å². The van der Waals surface area contributed by atoms with E-state index in [0.29, 0.717) is 25.6 Å². The summed E-state index contributed by atoms with van der Waals surface area (Å²) in [6.07, 6.45) is 1.70. The molecule has 0 spiro atoms. The van der Waals surface area contributed by atoms with E-state index >= 15 is 0 Å². The van der Waals surface area contributed by atoms with Gasteiger partial charge in [-0.15, -0.1) is 0 Å². The van der Waals surface area contributed by atoms with Gasteiger partial charge >= 0.3 is 5.97 Å². The van der Waals surface area contributed by atoms with E-state index in [9.17, 15) is 9.59 Å². The molecule has 9 heteroatoms. The normalized spacial score (nSPS) is 15.3. The van der Waals surface area contributed by atoms with E-state index in [1.165, 1.54) is 35.9 Å². The summed E-state index contributed by atoms with van der Waals surface area (Å²) in [5, 5.41) is 0.607. The van der Waals surface area contributed by atoms with Crippen molar-refractivity contribution < 1.29 is 19.1 Å². The van der Waals surface area contributed by atoms with Gasteiger partial charge in [0.2, 0.25) is 0 Å². The maximum absolute atomic E-state index is 12.4. The number of thioether (sulfide) groups is 1. The third-order valence-electron chi connectivity index (χ3n) is 3.83. The van der Waals surface area contributed by atoms with E-state index in [1.54, 1.807) is 37.4 Å². The number of esters is 1. The minimum atomic E-state index is -0.639. The number of carbonyl (C=O) groups excluding carboxylic acids is 2. The van der Waals surface area contributed by atoms with Crippen molar-refractivity contribution in [3.63, 3.8) is 0 Å². The van der Waals surface area contributed by atoms with E-state index in [-0.39, 0.29) is 22.2 Å². The zero-order chi connectivity index (χ0) is 20.4. The van der Waals surface area contributed by atoms with Crippen molar-refractivity contribution in [2.45, 2.75) is 0 Å². The van der Waals surface area contributed by atoms with Crippen molar-refractivity contribution in [3.8, 4) is 11.5 Å². The summed E-state index contributed by atoms with van der Waals surface area (Å²) >= 11 is 18.2. The zero-order valence-electron chi connectivity index (χ0n) is 14.7. The van der Waals surface area contributed by atoms with Crippen molar-refractivity contribution >= 4 is 69.5 Å². The fraction of sp³-hybridized carbons (Fsp3) is 0.105. The van der Waals surface area contributed by atoms with Gasteiger partial charge < -0.3 is 9.47 Å². The average Bonchev–Trinajstić information content (AvgIpc) is 2.89. The van der Waals surface area contributed by atoms with Crippen LogP contribution in [0, 0.1) is 0 Å². The maximum Gasteiger partial charge on any atom is 0.345 e. The Kier molecular flexibility index (Phi) is 6.30. The molecule has 1 saturated heterocycles. The number of thiocarbonyl (C=S) groups is 1. The van der Waals surface area contributed by atoms with E-state index in [0.717, 1.165) is 0 Å². The fourth-order valence-electron chi connectivity index (χ4n) is 2.37. The van der Waals surface area contributed by atoms with Gasteiger partial charge in [-0.25, -0.2) is 4.79 Å². The molecule has 0 aliphatic carbocycles. The van der Waals surface area contributed by atoms with Crippen LogP contribution in [0.4, 0.5) is 0 Å². The van der Waals surface area contributed by atoms with E-state index in [1.807, 2.05) is 0 Å². The molecule has 5 nitrogen and oxygen atoms in total. The quantitative estimate of drug-likeness (QED) is 0.279. The number of amides is 1. The van der Waals surface area contributed by atoms with E-state index < -0.39 is 5.97 Å². The van der Waals surface area contributed by atoms with Gasteiger partial charge in [0.25, 0.3) is 5.91 Å². The molecule has 0 bridgehead atoms. The number of likely N-dealkylation sites (N-methyl/N-ethyl adjacent to an activating group) is 1. The van der Waals surface area contributed by atoms with Crippen LogP contribution < -0.4 is 9.47 Å². The van der Waals surface area contributed by atoms with Gasteiger partial charge in [0, 0.05) is 12.1 Å². The number of hydrogen-bond acceptors (Lipinski definition) is 6. The maximum atomic E-state index is 12.4. The second-order valence-electron chi connectivity index (χ2n) is 5.66. The van der Waals surface area contributed by atoms with Crippen LogP contribution in [0.3, 0.4) is 0 Å². The van der Waals surface area contributed by atoms with E-state index in [2.05, 4.69) is 0 Å². The third kappa shape index (κ3) is 4.33. The Morgan fingerprint density at radius 1 is 1.18 bits per heavy atom. The number of benzene rings is 2. The lowest BCUT2D eigenvalue weighted by atomic mass is 10.1. The van der Waals surface area contributed by atoms with Gasteiger partial charge in [-0.2, -0.15) is 0 Å². The second-order valence-corrected chi connectivity index (χ2v) is 8.18. The average molecular weight is 454 g/mol. The number of nitrogens with zero attached hydrogens (tertiary/aromatic N) is 1. The fourth-order valence-corrected chi connectivity index (χ4v) is 4.03. The third-order valence-corrected chi connectivity index (χ3v) is 5.86. The van der Waals surface area contributed by atoms with Crippen molar-refractivity contribution in [2.24, 2.45) is 0 Å². The lowest BCUT2D eigenvalue weighted by Gasteiger charge is -2.11. The van der Waals surface area contributed by atoms with Crippen molar-refractivity contribution in [2.75, 3.05) is 14.2 Å². The smallest absolute Gasteiger partial charge is 0.345 e. The molecule has 0 aromatic heterocycles. The van der Waals surface area contributed by atoms with Gasteiger partial charge in [0.05, 0.1) is 22.6 Å². The van der Waals surface area contributed by atoms with Crippen molar-refractivity contribution in [3.05, 3.63) is 62.5 Å². The Morgan fingerprint density at radius 2 is 1.93 bits per heavy atom. The number of halogens is 2. The molecule has 1 amide bonds. The van der Waals surface area contributed by atoms with Gasteiger partial charge in [-0.05, 0) is 42.0 Å². The van der Waals surface area contributed by atoms with Crippen LogP contribution in [0.1, 0.15) is 15.9 Å². The monoisotopic (exact) mass is 453 g/mol. The molecular weight excluding hydrogens is 441 g/mol. The Labute approximate surface area is 181 Å². The highest BCUT2D eigenvalue weighted by molar-refractivity contribution is 8.26. The molecule has 144 valence electrons. The first-order valence-corrected chi connectivity index (χ1v) is 9.85. The van der Waals surface area contributed by atoms with Crippen LogP contribution in [-0.2, 0) is 4.79 Å². The topological polar surface area (TPSA) is 55.8 Å². The number of rotatable bonds is 4. The minimum absolute atomic E-state index is 0.165. The molecular formula is C19H13Cl2NO4S2. The van der Waals surface area contributed by atoms with Crippen LogP contribution in [0.15, 0.2) is 41.3 Å². The molecule has 1 fully saturated rings. The Morgan fingerprint density at radius 3 is 2.54 bits per heavy atom. The Bertz CT molecular complexity index is 1020.